The Bertz CT molecular complexity index is 742. The van der Waals surface area contributed by atoms with E-state index in [4.69, 9.17) is 14.2 Å². The van der Waals surface area contributed by atoms with Gasteiger partial charge >= 0.3 is 5.97 Å². The summed E-state index contributed by atoms with van der Waals surface area (Å²) >= 11 is 0. The van der Waals surface area contributed by atoms with Gasteiger partial charge in [0.05, 0.1) is 18.9 Å². The molecule has 1 N–H and O–H groups in total. The highest BCUT2D eigenvalue weighted by Crippen LogP contribution is 2.24. The average Bonchev–Trinajstić information content (AvgIpc) is 2.68. The summed E-state index contributed by atoms with van der Waals surface area (Å²) in [5.41, 5.74) is 1.08. The number of rotatable bonds is 10. The minimum atomic E-state index is -0.405. The van der Waals surface area contributed by atoms with Crippen molar-refractivity contribution in [2.75, 3.05) is 25.1 Å². The summed E-state index contributed by atoms with van der Waals surface area (Å²) in [5.74, 6) is 0.453. The average molecular weight is 371 g/mol. The number of carbonyl (C=O) groups excluding carboxylic acids is 2. The fourth-order valence-electron chi connectivity index (χ4n) is 2.26. The number of anilines is 1. The Morgan fingerprint density at radius 2 is 1.70 bits per heavy atom. The molecule has 144 valence electrons. The first-order chi connectivity index (χ1) is 13.1. The quantitative estimate of drug-likeness (QED) is 0.504. The zero-order valence-corrected chi connectivity index (χ0v) is 15.7. The Morgan fingerprint density at radius 1 is 0.963 bits per heavy atom. The topological polar surface area (TPSA) is 73.9 Å². The molecule has 0 fully saturated rings. The molecule has 2 rings (SSSR count). The first-order valence-corrected chi connectivity index (χ1v) is 9.05. The van der Waals surface area contributed by atoms with Gasteiger partial charge in [-0.3, -0.25) is 4.79 Å². The van der Waals surface area contributed by atoms with Crippen LogP contribution < -0.4 is 14.8 Å². The number of benzene rings is 2. The molecular formula is C21H25NO5. The lowest BCUT2D eigenvalue weighted by Crippen LogP contribution is -2.16. The number of ether oxygens (including phenoxy) is 3. The number of para-hydroxylation sites is 2. The van der Waals surface area contributed by atoms with Crippen molar-refractivity contribution in [1.82, 2.24) is 0 Å². The van der Waals surface area contributed by atoms with Gasteiger partial charge < -0.3 is 19.5 Å². The van der Waals surface area contributed by atoms with Crippen LogP contribution in [0, 0.1) is 0 Å². The van der Waals surface area contributed by atoms with Crippen LogP contribution in [0.2, 0.25) is 0 Å². The van der Waals surface area contributed by atoms with Gasteiger partial charge in [0, 0.05) is 5.56 Å². The standard InChI is InChI=1S/C21H25NO5/c1-3-5-14-26-20(23)15-27-17-12-10-16(11-13-17)21(24)22-18-8-6-7-9-19(18)25-4-2/h6-13H,3-5,14-15H2,1-2H3,(H,22,24). The predicted molar refractivity (Wildman–Crippen MR) is 103 cm³/mol. The fourth-order valence-corrected chi connectivity index (χ4v) is 2.26. The van der Waals surface area contributed by atoms with Gasteiger partial charge in [-0.05, 0) is 49.7 Å². The molecule has 0 saturated heterocycles. The van der Waals surface area contributed by atoms with E-state index in [1.807, 2.05) is 26.0 Å². The second kappa shape index (κ2) is 10.9. The number of esters is 1. The van der Waals surface area contributed by atoms with Gasteiger partial charge in [0.2, 0.25) is 0 Å². The van der Waals surface area contributed by atoms with E-state index in [1.165, 1.54) is 0 Å². The first-order valence-electron chi connectivity index (χ1n) is 9.05. The second-order valence-electron chi connectivity index (χ2n) is 5.77. The van der Waals surface area contributed by atoms with Crippen molar-refractivity contribution in [2.24, 2.45) is 0 Å². The lowest BCUT2D eigenvalue weighted by atomic mass is 10.2. The van der Waals surface area contributed by atoms with E-state index >= 15 is 0 Å². The van der Waals surface area contributed by atoms with E-state index in [0.29, 0.717) is 36.0 Å². The largest absolute Gasteiger partial charge is 0.492 e. The van der Waals surface area contributed by atoms with Crippen molar-refractivity contribution in [3.8, 4) is 11.5 Å². The second-order valence-corrected chi connectivity index (χ2v) is 5.77. The summed E-state index contributed by atoms with van der Waals surface area (Å²) in [6.07, 6.45) is 1.80. The summed E-state index contributed by atoms with van der Waals surface area (Å²) in [5, 5.41) is 2.83. The molecule has 0 aromatic heterocycles. The molecule has 0 aliphatic carbocycles. The molecule has 0 spiro atoms. The maximum atomic E-state index is 12.4. The van der Waals surface area contributed by atoms with Crippen molar-refractivity contribution in [1.29, 1.82) is 0 Å². The zero-order chi connectivity index (χ0) is 19.5. The van der Waals surface area contributed by atoms with Crippen LogP contribution in [0.4, 0.5) is 5.69 Å². The van der Waals surface area contributed by atoms with Gasteiger partial charge in [-0.2, -0.15) is 0 Å². The third-order valence-corrected chi connectivity index (χ3v) is 3.67. The number of nitrogens with one attached hydrogen (secondary N) is 1. The molecule has 1 amide bonds. The monoisotopic (exact) mass is 371 g/mol. The normalized spacial score (nSPS) is 10.1. The molecule has 2 aromatic rings. The van der Waals surface area contributed by atoms with Crippen molar-refractivity contribution in [2.45, 2.75) is 26.7 Å². The first kappa shape index (κ1) is 20.3. The highest BCUT2D eigenvalue weighted by Gasteiger charge is 2.10. The maximum Gasteiger partial charge on any atom is 0.344 e. The summed E-state index contributed by atoms with van der Waals surface area (Å²) < 4.78 is 15.9. The summed E-state index contributed by atoms with van der Waals surface area (Å²) in [6.45, 7) is 4.67. The highest BCUT2D eigenvalue weighted by atomic mass is 16.6. The summed E-state index contributed by atoms with van der Waals surface area (Å²) in [6, 6.07) is 13.8. The molecule has 6 heteroatoms. The number of carbonyl (C=O) groups is 2. The molecule has 0 heterocycles. The smallest absolute Gasteiger partial charge is 0.344 e. The van der Waals surface area contributed by atoms with Crippen LogP contribution in [-0.2, 0) is 9.53 Å². The summed E-state index contributed by atoms with van der Waals surface area (Å²) in [4.78, 5) is 23.9. The Kier molecular flexibility index (Phi) is 8.16. The molecule has 0 atom stereocenters. The highest BCUT2D eigenvalue weighted by molar-refractivity contribution is 6.05. The molecule has 0 aliphatic heterocycles. The Labute approximate surface area is 159 Å². The van der Waals surface area contributed by atoms with E-state index < -0.39 is 5.97 Å². The molecule has 0 aliphatic rings. The van der Waals surface area contributed by atoms with Crippen molar-refractivity contribution in [3.05, 3.63) is 54.1 Å². The third-order valence-electron chi connectivity index (χ3n) is 3.67. The van der Waals surface area contributed by atoms with Gasteiger partial charge in [0.1, 0.15) is 11.5 Å². The van der Waals surface area contributed by atoms with Crippen LogP contribution in [0.3, 0.4) is 0 Å². The van der Waals surface area contributed by atoms with E-state index in [-0.39, 0.29) is 12.5 Å². The molecule has 0 bridgehead atoms. The van der Waals surface area contributed by atoms with Crippen LogP contribution in [-0.4, -0.2) is 31.7 Å². The number of hydrogen-bond acceptors (Lipinski definition) is 5. The van der Waals surface area contributed by atoms with Crippen molar-refractivity contribution < 1.29 is 23.8 Å². The molecule has 2 aromatic carbocycles. The predicted octanol–water partition coefficient (Wildman–Crippen LogP) is 4.06. The fraction of sp³-hybridized carbons (Fsp3) is 0.333. The molecule has 0 saturated carbocycles. The van der Waals surface area contributed by atoms with E-state index in [9.17, 15) is 9.59 Å². The Morgan fingerprint density at radius 3 is 2.41 bits per heavy atom. The van der Waals surface area contributed by atoms with Gasteiger partial charge in [-0.1, -0.05) is 25.5 Å². The Hall–Kier alpha value is -3.02. The lowest BCUT2D eigenvalue weighted by molar-refractivity contribution is -0.146. The molecule has 0 unspecified atom stereocenters. The SMILES string of the molecule is CCCCOC(=O)COc1ccc(C(=O)Nc2ccccc2OCC)cc1. The van der Waals surface area contributed by atoms with Gasteiger partial charge in [-0.25, -0.2) is 4.79 Å². The maximum absolute atomic E-state index is 12.4. The number of unbranched alkanes of at least 4 members (excludes halogenated alkanes) is 1. The molecule has 6 nitrogen and oxygen atoms in total. The van der Waals surface area contributed by atoms with Gasteiger partial charge in [0.15, 0.2) is 6.61 Å². The van der Waals surface area contributed by atoms with Crippen LogP contribution in [0.1, 0.15) is 37.0 Å². The van der Waals surface area contributed by atoms with E-state index in [2.05, 4.69) is 5.32 Å². The van der Waals surface area contributed by atoms with Gasteiger partial charge in [0.25, 0.3) is 5.91 Å². The van der Waals surface area contributed by atoms with E-state index in [1.54, 1.807) is 36.4 Å². The summed E-state index contributed by atoms with van der Waals surface area (Å²) in [7, 11) is 0. The van der Waals surface area contributed by atoms with Crippen LogP contribution in [0.25, 0.3) is 0 Å². The van der Waals surface area contributed by atoms with Gasteiger partial charge in [-0.15, -0.1) is 0 Å². The zero-order valence-electron chi connectivity index (χ0n) is 15.7. The third kappa shape index (κ3) is 6.66. The van der Waals surface area contributed by atoms with Crippen LogP contribution >= 0.6 is 0 Å². The minimum Gasteiger partial charge on any atom is -0.492 e. The lowest BCUT2D eigenvalue weighted by Gasteiger charge is -2.11. The minimum absolute atomic E-state index is 0.156. The van der Waals surface area contributed by atoms with Crippen LogP contribution in [0.5, 0.6) is 11.5 Å². The van der Waals surface area contributed by atoms with Crippen molar-refractivity contribution in [3.63, 3.8) is 0 Å². The molecular weight excluding hydrogens is 346 g/mol. The van der Waals surface area contributed by atoms with Crippen LogP contribution in [0.15, 0.2) is 48.5 Å². The van der Waals surface area contributed by atoms with Crippen molar-refractivity contribution >= 4 is 17.6 Å². The molecule has 0 radical (unpaired) electrons. The Balaban J connectivity index is 1.89. The number of hydrogen-bond donors (Lipinski definition) is 1. The molecule has 27 heavy (non-hydrogen) atoms. The number of amides is 1. The van der Waals surface area contributed by atoms with E-state index in [0.717, 1.165) is 12.8 Å².